The molecule has 7 nitrogen and oxygen atoms in total. The zero-order valence-electron chi connectivity index (χ0n) is 10.2. The molecule has 0 atom stereocenters. The Morgan fingerprint density at radius 3 is 2.95 bits per heavy atom. The topological polar surface area (TPSA) is 103 Å². The van der Waals surface area contributed by atoms with E-state index in [1.54, 1.807) is 28.5 Å². The highest BCUT2D eigenvalue weighted by Gasteiger charge is 2.15. The van der Waals surface area contributed by atoms with Gasteiger partial charge in [-0.1, -0.05) is 5.21 Å². The molecular formula is C10H15N5O2S2. The van der Waals surface area contributed by atoms with Gasteiger partial charge in [0.2, 0.25) is 10.0 Å². The molecule has 0 bridgehead atoms. The summed E-state index contributed by atoms with van der Waals surface area (Å²) in [6.07, 6.45) is 3.98. The first-order valence-electron chi connectivity index (χ1n) is 5.73. The molecule has 0 fully saturated rings. The van der Waals surface area contributed by atoms with Crippen molar-refractivity contribution in [3.8, 4) is 0 Å². The number of hydrogen-bond donors (Lipinski definition) is 2. The van der Waals surface area contributed by atoms with E-state index in [0.717, 1.165) is 5.56 Å². The maximum absolute atomic E-state index is 11.9. The Labute approximate surface area is 115 Å². The van der Waals surface area contributed by atoms with Crippen molar-refractivity contribution < 1.29 is 8.42 Å². The molecule has 0 unspecified atom stereocenters. The molecule has 0 amide bonds. The lowest BCUT2D eigenvalue weighted by Crippen LogP contribution is -2.25. The van der Waals surface area contributed by atoms with E-state index in [1.807, 2.05) is 0 Å². The minimum atomic E-state index is -3.42. The molecule has 3 N–H and O–H groups in total. The van der Waals surface area contributed by atoms with Crippen LogP contribution in [-0.2, 0) is 23.1 Å². The molecule has 0 aliphatic heterocycles. The molecule has 0 radical (unpaired) electrons. The zero-order valence-corrected chi connectivity index (χ0v) is 11.8. The van der Waals surface area contributed by atoms with Crippen LogP contribution in [0.2, 0.25) is 0 Å². The summed E-state index contributed by atoms with van der Waals surface area (Å²) in [6, 6.07) is 1.60. The van der Waals surface area contributed by atoms with E-state index in [0.29, 0.717) is 30.3 Å². The molecule has 2 rings (SSSR count). The van der Waals surface area contributed by atoms with Gasteiger partial charge < -0.3 is 5.73 Å². The summed E-state index contributed by atoms with van der Waals surface area (Å²) in [5, 5.41) is 9.23. The molecule has 0 aliphatic rings. The Morgan fingerprint density at radius 1 is 1.47 bits per heavy atom. The fraction of sp³-hybridized carbons (Fsp3) is 0.400. The van der Waals surface area contributed by atoms with Gasteiger partial charge >= 0.3 is 0 Å². The van der Waals surface area contributed by atoms with Gasteiger partial charge in [0.15, 0.2) is 0 Å². The van der Waals surface area contributed by atoms with Crippen molar-refractivity contribution in [3.05, 3.63) is 29.4 Å². The molecule has 0 saturated carbocycles. The average Bonchev–Trinajstić information content (AvgIpc) is 3.05. The standard InChI is InChI=1S/C10H15N5O2S2/c11-7-9-6-10(18-8-9)19(16,17)13-2-1-4-15-5-3-12-14-15/h3,5-6,8,13H,1-2,4,7,11H2. The van der Waals surface area contributed by atoms with Crippen LogP contribution < -0.4 is 10.5 Å². The van der Waals surface area contributed by atoms with E-state index in [4.69, 9.17) is 5.73 Å². The van der Waals surface area contributed by atoms with Crippen LogP contribution in [0, 0.1) is 0 Å². The van der Waals surface area contributed by atoms with Gasteiger partial charge in [-0.3, -0.25) is 4.68 Å². The molecule has 9 heteroatoms. The molecule has 19 heavy (non-hydrogen) atoms. The average molecular weight is 301 g/mol. The number of nitrogens with zero attached hydrogens (tertiary/aromatic N) is 3. The van der Waals surface area contributed by atoms with Crippen LogP contribution in [0.3, 0.4) is 0 Å². The van der Waals surface area contributed by atoms with Gasteiger partial charge in [-0.2, -0.15) is 0 Å². The number of thiophene rings is 1. The second-order valence-electron chi connectivity index (χ2n) is 3.90. The molecular weight excluding hydrogens is 286 g/mol. The Bertz CT molecular complexity index is 606. The van der Waals surface area contributed by atoms with E-state index < -0.39 is 10.0 Å². The number of aryl methyl sites for hydroxylation is 1. The van der Waals surface area contributed by atoms with Gasteiger partial charge in [-0.25, -0.2) is 13.1 Å². The van der Waals surface area contributed by atoms with Gasteiger partial charge in [-0.15, -0.1) is 16.4 Å². The monoisotopic (exact) mass is 301 g/mol. The molecule has 2 heterocycles. The van der Waals surface area contributed by atoms with Gasteiger partial charge in [0, 0.05) is 25.8 Å². The Hall–Kier alpha value is -1.29. The lowest BCUT2D eigenvalue weighted by atomic mass is 10.4. The smallest absolute Gasteiger partial charge is 0.250 e. The summed E-state index contributed by atoms with van der Waals surface area (Å²) in [5.41, 5.74) is 6.28. The highest BCUT2D eigenvalue weighted by Crippen LogP contribution is 2.19. The summed E-state index contributed by atoms with van der Waals surface area (Å²) >= 11 is 1.18. The van der Waals surface area contributed by atoms with Crippen molar-refractivity contribution in [1.82, 2.24) is 19.7 Å². The molecule has 2 aromatic rings. The molecule has 2 aromatic heterocycles. The maximum Gasteiger partial charge on any atom is 0.250 e. The molecule has 0 spiro atoms. The SMILES string of the molecule is NCc1csc(S(=O)(=O)NCCCn2ccnn2)c1. The minimum absolute atomic E-state index is 0.300. The third-order valence-electron chi connectivity index (χ3n) is 2.46. The van der Waals surface area contributed by atoms with Crippen LogP contribution in [-0.4, -0.2) is 30.0 Å². The predicted octanol–water partition coefficient (Wildman–Crippen LogP) is 0.167. The maximum atomic E-state index is 11.9. The predicted molar refractivity (Wildman–Crippen MR) is 72.0 cm³/mol. The van der Waals surface area contributed by atoms with E-state index in [2.05, 4.69) is 15.0 Å². The molecule has 0 aromatic carbocycles. The first-order chi connectivity index (χ1) is 9.12. The van der Waals surface area contributed by atoms with Crippen LogP contribution in [0.1, 0.15) is 12.0 Å². The Morgan fingerprint density at radius 2 is 2.32 bits per heavy atom. The molecule has 0 aliphatic carbocycles. The van der Waals surface area contributed by atoms with Gasteiger partial charge in [0.05, 0.1) is 6.20 Å². The highest BCUT2D eigenvalue weighted by atomic mass is 32.2. The third kappa shape index (κ3) is 3.83. The van der Waals surface area contributed by atoms with Crippen molar-refractivity contribution in [1.29, 1.82) is 0 Å². The number of rotatable bonds is 7. The second kappa shape index (κ2) is 6.24. The van der Waals surface area contributed by atoms with Gasteiger partial charge in [-0.05, 0) is 23.4 Å². The first kappa shape index (κ1) is 14.1. The van der Waals surface area contributed by atoms with Crippen LogP contribution >= 0.6 is 11.3 Å². The number of aromatic nitrogens is 3. The highest BCUT2D eigenvalue weighted by molar-refractivity contribution is 7.91. The van der Waals surface area contributed by atoms with Crippen molar-refractivity contribution in [2.45, 2.75) is 23.7 Å². The summed E-state index contributed by atoms with van der Waals surface area (Å²) in [7, 11) is -3.42. The minimum Gasteiger partial charge on any atom is -0.326 e. The largest absolute Gasteiger partial charge is 0.326 e. The van der Waals surface area contributed by atoms with E-state index in [1.165, 1.54) is 11.3 Å². The normalized spacial score (nSPS) is 11.8. The van der Waals surface area contributed by atoms with Crippen LogP contribution in [0.5, 0.6) is 0 Å². The number of hydrogen-bond acceptors (Lipinski definition) is 6. The summed E-state index contributed by atoms with van der Waals surface area (Å²) in [5.74, 6) is 0. The molecule has 0 saturated heterocycles. The van der Waals surface area contributed by atoms with E-state index in [-0.39, 0.29) is 0 Å². The van der Waals surface area contributed by atoms with Crippen molar-refractivity contribution in [2.75, 3.05) is 6.54 Å². The van der Waals surface area contributed by atoms with Gasteiger partial charge in [0.1, 0.15) is 4.21 Å². The number of nitrogens with two attached hydrogens (primary N) is 1. The summed E-state index contributed by atoms with van der Waals surface area (Å²) in [6.45, 7) is 1.33. The second-order valence-corrected chi connectivity index (χ2v) is 6.80. The molecule has 104 valence electrons. The van der Waals surface area contributed by atoms with Crippen molar-refractivity contribution >= 4 is 21.4 Å². The Balaban J connectivity index is 1.84. The van der Waals surface area contributed by atoms with Crippen LogP contribution in [0.4, 0.5) is 0 Å². The number of nitrogens with one attached hydrogen (secondary N) is 1. The zero-order chi connectivity index (χ0) is 13.7. The fourth-order valence-electron chi connectivity index (χ4n) is 1.47. The lowest BCUT2D eigenvalue weighted by Gasteiger charge is -2.04. The van der Waals surface area contributed by atoms with Crippen LogP contribution in [0.25, 0.3) is 0 Å². The van der Waals surface area contributed by atoms with E-state index in [9.17, 15) is 8.42 Å². The van der Waals surface area contributed by atoms with Crippen LogP contribution in [0.15, 0.2) is 28.0 Å². The van der Waals surface area contributed by atoms with Crippen molar-refractivity contribution in [3.63, 3.8) is 0 Å². The summed E-state index contributed by atoms with van der Waals surface area (Å²) in [4.78, 5) is 0. The third-order valence-corrected chi connectivity index (χ3v) is 5.41. The first-order valence-corrected chi connectivity index (χ1v) is 8.09. The van der Waals surface area contributed by atoms with Gasteiger partial charge in [0.25, 0.3) is 0 Å². The van der Waals surface area contributed by atoms with Crippen molar-refractivity contribution in [2.24, 2.45) is 5.73 Å². The Kier molecular flexibility index (Phi) is 4.64. The number of sulfonamides is 1. The summed E-state index contributed by atoms with van der Waals surface area (Å²) < 4.78 is 28.4. The quantitative estimate of drug-likeness (QED) is 0.709. The fourth-order valence-corrected chi connectivity index (χ4v) is 3.81. The lowest BCUT2D eigenvalue weighted by molar-refractivity contribution is 0.543. The van der Waals surface area contributed by atoms with E-state index >= 15 is 0 Å².